The van der Waals surface area contributed by atoms with E-state index < -0.39 is 0 Å². The highest BCUT2D eigenvalue weighted by Crippen LogP contribution is 2.29. The van der Waals surface area contributed by atoms with Crippen LogP contribution in [0.15, 0.2) is 42.5 Å². The topological polar surface area (TPSA) is 35.2 Å². The highest BCUT2D eigenvalue weighted by atomic mass is 35.5. The molecule has 0 saturated carbocycles. The van der Waals surface area contributed by atoms with Crippen molar-refractivity contribution in [1.82, 2.24) is 0 Å². The number of nitrogens with two attached hydrogens (primary N) is 1. The van der Waals surface area contributed by atoms with Gasteiger partial charge in [0.1, 0.15) is 12.4 Å². The zero-order valence-corrected chi connectivity index (χ0v) is 11.8. The molecule has 0 radical (unpaired) electrons. The van der Waals surface area contributed by atoms with Crippen molar-refractivity contribution in [2.45, 2.75) is 20.0 Å². The Hall–Kier alpha value is -1.51. The molecule has 0 bridgehead atoms. The van der Waals surface area contributed by atoms with Crippen molar-refractivity contribution >= 4 is 11.6 Å². The molecular weight excluding hydrogens is 258 g/mol. The first-order chi connectivity index (χ1) is 9.20. The molecule has 100 valence electrons. The first-order valence-electron chi connectivity index (χ1n) is 6.36. The number of hydrogen-bond acceptors (Lipinski definition) is 2. The molecule has 0 aliphatic rings. The van der Waals surface area contributed by atoms with Gasteiger partial charge in [0.05, 0.1) is 5.02 Å². The van der Waals surface area contributed by atoms with Gasteiger partial charge < -0.3 is 10.5 Å². The SMILES string of the molecule is Cc1ccc(COc2c(Cl)cccc2CCN)cc1. The van der Waals surface area contributed by atoms with E-state index in [0.29, 0.717) is 18.2 Å². The highest BCUT2D eigenvalue weighted by molar-refractivity contribution is 6.32. The number of halogens is 1. The monoisotopic (exact) mass is 275 g/mol. The number of ether oxygens (including phenoxy) is 1. The Balaban J connectivity index is 2.12. The van der Waals surface area contributed by atoms with E-state index in [1.54, 1.807) is 0 Å². The molecule has 19 heavy (non-hydrogen) atoms. The van der Waals surface area contributed by atoms with Crippen LogP contribution in [0.25, 0.3) is 0 Å². The van der Waals surface area contributed by atoms with Gasteiger partial charge in [-0.25, -0.2) is 0 Å². The fourth-order valence-corrected chi connectivity index (χ4v) is 2.16. The van der Waals surface area contributed by atoms with Gasteiger partial charge in [0.15, 0.2) is 0 Å². The maximum atomic E-state index is 6.19. The molecule has 0 aromatic heterocycles. The van der Waals surface area contributed by atoms with Crippen LogP contribution in [0.5, 0.6) is 5.75 Å². The zero-order valence-electron chi connectivity index (χ0n) is 11.0. The second kappa shape index (κ2) is 6.60. The van der Waals surface area contributed by atoms with E-state index in [1.807, 2.05) is 18.2 Å². The van der Waals surface area contributed by atoms with E-state index in [0.717, 1.165) is 23.3 Å². The first-order valence-corrected chi connectivity index (χ1v) is 6.74. The van der Waals surface area contributed by atoms with Gasteiger partial charge in [-0.3, -0.25) is 0 Å². The third-order valence-corrected chi connectivity index (χ3v) is 3.26. The first kappa shape index (κ1) is 13.9. The summed E-state index contributed by atoms with van der Waals surface area (Å²) >= 11 is 6.19. The fourth-order valence-electron chi connectivity index (χ4n) is 1.91. The van der Waals surface area contributed by atoms with Crippen molar-refractivity contribution in [3.05, 3.63) is 64.2 Å². The maximum Gasteiger partial charge on any atom is 0.141 e. The zero-order chi connectivity index (χ0) is 13.7. The third kappa shape index (κ3) is 3.72. The predicted molar refractivity (Wildman–Crippen MR) is 79.7 cm³/mol. The van der Waals surface area contributed by atoms with Crippen LogP contribution in [0.2, 0.25) is 5.02 Å². The van der Waals surface area contributed by atoms with E-state index >= 15 is 0 Å². The van der Waals surface area contributed by atoms with Crippen LogP contribution >= 0.6 is 11.6 Å². The highest BCUT2D eigenvalue weighted by Gasteiger charge is 2.08. The molecule has 2 N–H and O–H groups in total. The van der Waals surface area contributed by atoms with Crippen molar-refractivity contribution < 1.29 is 4.74 Å². The van der Waals surface area contributed by atoms with Crippen LogP contribution in [0.1, 0.15) is 16.7 Å². The molecule has 2 aromatic rings. The summed E-state index contributed by atoms with van der Waals surface area (Å²) in [6, 6.07) is 14.0. The molecule has 0 saturated heterocycles. The Bertz CT molecular complexity index is 537. The number of hydrogen-bond donors (Lipinski definition) is 1. The van der Waals surface area contributed by atoms with Crippen LogP contribution in [0.3, 0.4) is 0 Å². The molecule has 0 aliphatic heterocycles. The van der Waals surface area contributed by atoms with Crippen LogP contribution in [0, 0.1) is 6.92 Å². The largest absolute Gasteiger partial charge is 0.487 e. The molecule has 0 spiro atoms. The van der Waals surface area contributed by atoms with Crippen molar-refractivity contribution in [1.29, 1.82) is 0 Å². The summed E-state index contributed by atoms with van der Waals surface area (Å²) in [5.41, 5.74) is 9.03. The normalized spacial score (nSPS) is 10.5. The molecule has 3 heteroatoms. The Morgan fingerprint density at radius 3 is 2.53 bits per heavy atom. The van der Waals surface area contributed by atoms with Gasteiger partial charge in [-0.05, 0) is 37.1 Å². The molecule has 0 aliphatic carbocycles. The van der Waals surface area contributed by atoms with E-state index in [1.165, 1.54) is 5.56 Å². The molecule has 2 aromatic carbocycles. The Morgan fingerprint density at radius 1 is 1.11 bits per heavy atom. The van der Waals surface area contributed by atoms with E-state index in [4.69, 9.17) is 22.1 Å². The van der Waals surface area contributed by atoms with Gasteiger partial charge in [0, 0.05) is 0 Å². The molecule has 0 heterocycles. The van der Waals surface area contributed by atoms with Gasteiger partial charge in [0.25, 0.3) is 0 Å². The van der Waals surface area contributed by atoms with E-state index in [-0.39, 0.29) is 0 Å². The number of rotatable bonds is 5. The second-order valence-electron chi connectivity index (χ2n) is 4.54. The van der Waals surface area contributed by atoms with Crippen LogP contribution < -0.4 is 10.5 Å². The summed E-state index contributed by atoms with van der Waals surface area (Å²) in [5, 5.41) is 0.637. The lowest BCUT2D eigenvalue weighted by Crippen LogP contribution is -2.06. The second-order valence-corrected chi connectivity index (χ2v) is 4.95. The number of para-hydroxylation sites is 1. The lowest BCUT2D eigenvalue weighted by atomic mass is 10.1. The lowest BCUT2D eigenvalue weighted by molar-refractivity contribution is 0.303. The van der Waals surface area contributed by atoms with Gasteiger partial charge >= 0.3 is 0 Å². The Kier molecular flexibility index (Phi) is 4.83. The van der Waals surface area contributed by atoms with Crippen molar-refractivity contribution in [3.63, 3.8) is 0 Å². The summed E-state index contributed by atoms with van der Waals surface area (Å²) in [5.74, 6) is 0.746. The molecule has 0 unspecified atom stereocenters. The Labute approximate surface area is 119 Å². The smallest absolute Gasteiger partial charge is 0.141 e. The summed E-state index contributed by atoms with van der Waals surface area (Å²) in [4.78, 5) is 0. The summed E-state index contributed by atoms with van der Waals surface area (Å²) < 4.78 is 5.86. The number of benzene rings is 2. The minimum absolute atomic E-state index is 0.515. The average Bonchev–Trinajstić information content (AvgIpc) is 2.40. The van der Waals surface area contributed by atoms with Gasteiger partial charge in [0.2, 0.25) is 0 Å². The molecule has 2 rings (SSSR count). The maximum absolute atomic E-state index is 6.19. The van der Waals surface area contributed by atoms with Crippen molar-refractivity contribution in [2.75, 3.05) is 6.54 Å². The molecular formula is C16H18ClNO. The molecule has 0 amide bonds. The molecule has 2 nitrogen and oxygen atoms in total. The lowest BCUT2D eigenvalue weighted by Gasteiger charge is -2.13. The molecule has 0 atom stereocenters. The van der Waals surface area contributed by atoms with Crippen molar-refractivity contribution in [2.24, 2.45) is 5.73 Å². The summed E-state index contributed by atoms with van der Waals surface area (Å²) in [7, 11) is 0. The van der Waals surface area contributed by atoms with Gasteiger partial charge in [-0.1, -0.05) is 53.6 Å². The van der Waals surface area contributed by atoms with E-state index in [2.05, 4.69) is 31.2 Å². The quantitative estimate of drug-likeness (QED) is 0.902. The van der Waals surface area contributed by atoms with E-state index in [9.17, 15) is 0 Å². The van der Waals surface area contributed by atoms with Crippen molar-refractivity contribution in [3.8, 4) is 5.75 Å². The van der Waals surface area contributed by atoms with Gasteiger partial charge in [-0.2, -0.15) is 0 Å². The molecule has 0 fully saturated rings. The summed E-state index contributed by atoms with van der Waals surface area (Å²) in [6.07, 6.45) is 0.768. The van der Waals surface area contributed by atoms with Gasteiger partial charge in [-0.15, -0.1) is 0 Å². The van der Waals surface area contributed by atoms with Crippen LogP contribution in [-0.4, -0.2) is 6.54 Å². The third-order valence-electron chi connectivity index (χ3n) is 2.97. The fraction of sp³-hybridized carbons (Fsp3) is 0.250. The average molecular weight is 276 g/mol. The standard InChI is InChI=1S/C16H18ClNO/c1-12-5-7-13(8-6-12)11-19-16-14(9-10-18)3-2-4-15(16)17/h2-8H,9-11,18H2,1H3. The number of aryl methyl sites for hydroxylation is 1. The summed E-state index contributed by atoms with van der Waals surface area (Å²) in [6.45, 7) is 3.17. The Morgan fingerprint density at radius 2 is 1.84 bits per heavy atom. The van der Waals surface area contributed by atoms with Crippen LogP contribution in [0.4, 0.5) is 0 Å². The predicted octanol–water partition coefficient (Wildman–Crippen LogP) is 3.73. The minimum Gasteiger partial charge on any atom is -0.487 e. The van der Waals surface area contributed by atoms with Crippen LogP contribution in [-0.2, 0) is 13.0 Å². The minimum atomic E-state index is 0.515.